The molecule has 3 aromatic heterocycles. The lowest BCUT2D eigenvalue weighted by atomic mass is 10.1. The lowest BCUT2D eigenvalue weighted by Crippen LogP contribution is -2.26. The number of benzene rings is 2. The Morgan fingerprint density at radius 1 is 1.03 bits per heavy atom. The van der Waals surface area contributed by atoms with Gasteiger partial charge in [-0.2, -0.15) is 0 Å². The number of H-pyrrole nitrogens is 1. The molecule has 2 aromatic carbocycles. The molecule has 0 saturated heterocycles. The Morgan fingerprint density at radius 2 is 1.82 bits per heavy atom. The van der Waals surface area contributed by atoms with Crippen molar-refractivity contribution in [3.8, 4) is 5.69 Å². The van der Waals surface area contributed by atoms with Gasteiger partial charge in [0.05, 0.1) is 28.5 Å². The highest BCUT2D eigenvalue weighted by Crippen LogP contribution is 2.29. The highest BCUT2D eigenvalue weighted by atomic mass is 35.5. The number of fused-ring (bicyclic) bond motifs is 2. The Hall–Kier alpha value is -3.92. The van der Waals surface area contributed by atoms with Gasteiger partial charge in [-0.1, -0.05) is 17.7 Å². The molecule has 1 atom stereocenters. The maximum atomic E-state index is 14.1. The van der Waals surface area contributed by atoms with Crippen LogP contribution in [0.2, 0.25) is 5.02 Å². The molecule has 11 heteroatoms. The summed E-state index contributed by atoms with van der Waals surface area (Å²) in [5.74, 6) is -2.56. The standard InChI is InChI=1S/C22H14ClF3N6O/c1-10(31-21-19-20(28-8-27-19)29-9-30-21)16-6-11-2-4-14(25)18(23)17(11)22(33)32(16)12-3-5-13(24)15(26)7-12/h2-10H,1H3,(H2,27,28,29,30,31)/t10-/m1/s1. The Kier molecular flexibility index (Phi) is 5.01. The van der Waals surface area contributed by atoms with E-state index in [-0.39, 0.29) is 16.1 Å². The predicted molar refractivity (Wildman–Crippen MR) is 118 cm³/mol. The van der Waals surface area contributed by atoms with Gasteiger partial charge < -0.3 is 10.3 Å². The van der Waals surface area contributed by atoms with Crippen molar-refractivity contribution in [1.82, 2.24) is 24.5 Å². The second-order valence-electron chi connectivity index (χ2n) is 7.32. The van der Waals surface area contributed by atoms with Gasteiger partial charge in [0.1, 0.15) is 17.7 Å². The zero-order chi connectivity index (χ0) is 23.3. The number of pyridine rings is 1. The largest absolute Gasteiger partial charge is 0.360 e. The first-order chi connectivity index (χ1) is 15.8. The molecule has 0 radical (unpaired) electrons. The number of aromatic nitrogens is 5. The van der Waals surface area contributed by atoms with E-state index < -0.39 is 29.1 Å². The summed E-state index contributed by atoms with van der Waals surface area (Å²) in [5, 5.41) is 3.14. The first-order valence-electron chi connectivity index (χ1n) is 9.75. The van der Waals surface area contributed by atoms with Crippen molar-refractivity contribution in [3.05, 3.63) is 87.6 Å². The minimum Gasteiger partial charge on any atom is -0.360 e. The highest BCUT2D eigenvalue weighted by Gasteiger charge is 2.21. The van der Waals surface area contributed by atoms with Crippen LogP contribution in [-0.4, -0.2) is 24.5 Å². The van der Waals surface area contributed by atoms with Gasteiger partial charge in [-0.15, -0.1) is 0 Å². The molecule has 3 heterocycles. The first kappa shape index (κ1) is 21.0. The van der Waals surface area contributed by atoms with Crippen LogP contribution in [0, 0.1) is 17.5 Å². The van der Waals surface area contributed by atoms with Gasteiger partial charge in [-0.05, 0) is 36.6 Å². The van der Waals surface area contributed by atoms with Gasteiger partial charge in [-0.3, -0.25) is 9.36 Å². The number of hydrogen-bond donors (Lipinski definition) is 2. The van der Waals surface area contributed by atoms with Crippen LogP contribution in [0.1, 0.15) is 18.7 Å². The van der Waals surface area contributed by atoms with Crippen LogP contribution in [0.3, 0.4) is 0 Å². The number of aromatic amines is 1. The fourth-order valence-corrected chi connectivity index (χ4v) is 3.97. The van der Waals surface area contributed by atoms with E-state index >= 15 is 0 Å². The zero-order valence-corrected chi connectivity index (χ0v) is 17.7. The van der Waals surface area contributed by atoms with Crippen LogP contribution >= 0.6 is 11.6 Å². The Labute approximate surface area is 188 Å². The smallest absolute Gasteiger partial charge is 0.264 e. The van der Waals surface area contributed by atoms with Crippen LogP contribution in [0.15, 0.2) is 53.8 Å². The van der Waals surface area contributed by atoms with Crippen molar-refractivity contribution in [3.63, 3.8) is 0 Å². The molecular formula is C22H14ClF3N6O. The second-order valence-corrected chi connectivity index (χ2v) is 7.70. The molecule has 0 unspecified atom stereocenters. The van der Waals surface area contributed by atoms with Crippen molar-refractivity contribution in [2.75, 3.05) is 5.32 Å². The van der Waals surface area contributed by atoms with Gasteiger partial charge in [0.15, 0.2) is 23.1 Å². The maximum absolute atomic E-state index is 14.1. The number of nitrogens with one attached hydrogen (secondary N) is 2. The first-order valence-corrected chi connectivity index (χ1v) is 10.1. The minimum atomic E-state index is -1.13. The Morgan fingerprint density at radius 3 is 2.61 bits per heavy atom. The third kappa shape index (κ3) is 3.48. The normalized spacial score (nSPS) is 12.4. The van der Waals surface area contributed by atoms with Gasteiger partial charge in [0, 0.05) is 11.8 Å². The van der Waals surface area contributed by atoms with Crippen molar-refractivity contribution in [1.29, 1.82) is 0 Å². The summed E-state index contributed by atoms with van der Waals surface area (Å²) < 4.78 is 42.9. The predicted octanol–water partition coefficient (Wildman–Crippen LogP) is 4.90. The van der Waals surface area contributed by atoms with Crippen molar-refractivity contribution in [2.45, 2.75) is 13.0 Å². The molecule has 5 aromatic rings. The van der Waals surface area contributed by atoms with Crippen LogP contribution in [-0.2, 0) is 0 Å². The molecular weight excluding hydrogens is 457 g/mol. The second kappa shape index (κ2) is 7.89. The Bertz CT molecular complexity index is 1600. The molecule has 7 nitrogen and oxygen atoms in total. The van der Waals surface area contributed by atoms with Gasteiger partial charge >= 0.3 is 0 Å². The summed E-state index contributed by atoms with van der Waals surface area (Å²) >= 11 is 6.10. The molecule has 0 bridgehead atoms. The topological polar surface area (TPSA) is 88.5 Å². The molecule has 0 aliphatic carbocycles. The molecule has 0 aliphatic heterocycles. The molecule has 0 saturated carbocycles. The van der Waals surface area contributed by atoms with Crippen molar-refractivity contribution in [2.24, 2.45) is 0 Å². The van der Waals surface area contributed by atoms with Gasteiger partial charge in [0.2, 0.25) is 0 Å². The number of imidazole rings is 1. The molecule has 33 heavy (non-hydrogen) atoms. The van der Waals surface area contributed by atoms with E-state index in [1.807, 2.05) is 0 Å². The quantitative estimate of drug-likeness (QED) is 0.390. The summed E-state index contributed by atoms with van der Waals surface area (Å²) in [7, 11) is 0. The lowest BCUT2D eigenvalue weighted by molar-refractivity contribution is 0.507. The number of nitrogens with zero attached hydrogens (tertiary/aromatic N) is 4. The average Bonchev–Trinajstić information content (AvgIpc) is 3.28. The minimum absolute atomic E-state index is 0.0531. The summed E-state index contributed by atoms with van der Waals surface area (Å²) in [6.07, 6.45) is 2.82. The monoisotopic (exact) mass is 470 g/mol. The fourth-order valence-electron chi connectivity index (χ4n) is 3.71. The molecule has 0 fully saturated rings. The summed E-state index contributed by atoms with van der Waals surface area (Å²) in [5.41, 5.74) is 0.746. The lowest BCUT2D eigenvalue weighted by Gasteiger charge is -2.21. The third-order valence-electron chi connectivity index (χ3n) is 5.28. The van der Waals surface area contributed by atoms with Crippen LogP contribution in [0.25, 0.3) is 27.6 Å². The zero-order valence-electron chi connectivity index (χ0n) is 16.9. The van der Waals surface area contributed by atoms with Crippen LogP contribution in [0.4, 0.5) is 19.0 Å². The van der Waals surface area contributed by atoms with E-state index in [1.54, 1.807) is 13.0 Å². The number of hydrogen-bond acceptors (Lipinski definition) is 5. The fraction of sp³-hybridized carbons (Fsp3) is 0.0909. The van der Waals surface area contributed by atoms with E-state index in [2.05, 4.69) is 25.3 Å². The van der Waals surface area contributed by atoms with E-state index in [0.29, 0.717) is 28.1 Å². The van der Waals surface area contributed by atoms with Gasteiger partial charge in [0.25, 0.3) is 5.56 Å². The molecule has 5 rings (SSSR count). The molecule has 0 aliphatic rings. The molecule has 166 valence electrons. The van der Waals surface area contributed by atoms with E-state index in [0.717, 1.165) is 22.8 Å². The molecule has 0 spiro atoms. The summed E-state index contributed by atoms with van der Waals surface area (Å²) in [6, 6.07) is 6.70. The van der Waals surface area contributed by atoms with Crippen LogP contribution in [0.5, 0.6) is 0 Å². The number of halogens is 4. The average molecular weight is 471 g/mol. The SMILES string of the molecule is C[C@@H](Nc1ncnc2[nH]cnc12)c1cc2ccc(F)c(Cl)c2c(=O)n1-c1ccc(F)c(F)c1. The van der Waals surface area contributed by atoms with E-state index in [9.17, 15) is 18.0 Å². The number of anilines is 1. The molecule has 2 N–H and O–H groups in total. The van der Waals surface area contributed by atoms with Crippen LogP contribution < -0.4 is 10.9 Å². The Balaban J connectivity index is 1.74. The molecule has 0 amide bonds. The number of rotatable bonds is 4. The summed E-state index contributed by atoms with van der Waals surface area (Å²) in [6.45, 7) is 1.75. The van der Waals surface area contributed by atoms with Gasteiger partial charge in [-0.25, -0.2) is 28.1 Å². The van der Waals surface area contributed by atoms with E-state index in [4.69, 9.17) is 11.6 Å². The van der Waals surface area contributed by atoms with Crippen molar-refractivity contribution < 1.29 is 13.2 Å². The van der Waals surface area contributed by atoms with Crippen molar-refractivity contribution >= 4 is 39.4 Å². The maximum Gasteiger partial charge on any atom is 0.264 e. The summed E-state index contributed by atoms with van der Waals surface area (Å²) in [4.78, 5) is 28.8. The van der Waals surface area contributed by atoms with E-state index in [1.165, 1.54) is 24.8 Å². The highest BCUT2D eigenvalue weighted by molar-refractivity contribution is 6.35. The third-order valence-corrected chi connectivity index (χ3v) is 5.65.